The van der Waals surface area contributed by atoms with E-state index in [9.17, 15) is 9.18 Å². The van der Waals surface area contributed by atoms with E-state index in [0.29, 0.717) is 12.5 Å². The number of aromatic nitrogens is 1. The standard InChI is InChI=1S/C19H26FN5O.HI/c1-2-21-19(24-13-18(26)25-9-3-4-10-25)22-8-7-14-12-23-17-11-15(20)5-6-16(14)17;/h5-6,11-12,23H,2-4,7-10,13H2,1H3,(H2,21,22,24);1H. The Labute approximate surface area is 176 Å². The number of H-pyrrole nitrogens is 1. The highest BCUT2D eigenvalue weighted by Gasteiger charge is 2.17. The lowest BCUT2D eigenvalue weighted by molar-refractivity contribution is -0.128. The Hall–Kier alpha value is -1.84. The largest absolute Gasteiger partial charge is 0.361 e. The highest BCUT2D eigenvalue weighted by Crippen LogP contribution is 2.19. The van der Waals surface area contributed by atoms with E-state index in [0.717, 1.165) is 55.4 Å². The maximum absolute atomic E-state index is 13.3. The van der Waals surface area contributed by atoms with Crippen LogP contribution in [0.25, 0.3) is 10.9 Å². The maximum atomic E-state index is 13.3. The summed E-state index contributed by atoms with van der Waals surface area (Å²) in [5.74, 6) is 0.484. The predicted octanol–water partition coefficient (Wildman–Crippen LogP) is 2.65. The van der Waals surface area contributed by atoms with E-state index in [1.165, 1.54) is 12.1 Å². The lowest BCUT2D eigenvalue weighted by Crippen LogP contribution is -2.39. The molecule has 1 saturated heterocycles. The van der Waals surface area contributed by atoms with Crippen molar-refractivity contribution in [2.45, 2.75) is 26.2 Å². The summed E-state index contributed by atoms with van der Waals surface area (Å²) in [6.45, 7) is 5.26. The zero-order chi connectivity index (χ0) is 18.4. The molecule has 8 heteroatoms. The molecule has 0 aliphatic carbocycles. The van der Waals surface area contributed by atoms with Gasteiger partial charge in [-0.2, -0.15) is 0 Å². The lowest BCUT2D eigenvalue weighted by atomic mass is 10.1. The number of rotatable bonds is 6. The van der Waals surface area contributed by atoms with Gasteiger partial charge in [0.15, 0.2) is 5.96 Å². The van der Waals surface area contributed by atoms with Crippen LogP contribution in [-0.2, 0) is 11.2 Å². The van der Waals surface area contributed by atoms with Gasteiger partial charge in [0.2, 0.25) is 5.91 Å². The van der Waals surface area contributed by atoms with Gasteiger partial charge in [-0.3, -0.25) is 4.79 Å². The first-order valence-electron chi connectivity index (χ1n) is 9.23. The molecule has 0 bridgehead atoms. The Balaban J connectivity index is 0.00000261. The first-order chi connectivity index (χ1) is 12.7. The van der Waals surface area contributed by atoms with Crippen LogP contribution in [0.3, 0.4) is 0 Å². The summed E-state index contributed by atoms with van der Waals surface area (Å²) in [4.78, 5) is 21.5. The Morgan fingerprint density at radius 1 is 1.30 bits per heavy atom. The number of hydrogen-bond acceptors (Lipinski definition) is 2. The molecule has 1 aliphatic heterocycles. The van der Waals surface area contributed by atoms with Gasteiger partial charge in [-0.05, 0) is 49.9 Å². The van der Waals surface area contributed by atoms with Crippen molar-refractivity contribution in [3.63, 3.8) is 0 Å². The molecule has 2 aromatic rings. The molecule has 1 aliphatic rings. The number of carbonyl (C=O) groups excluding carboxylic acids is 1. The molecular formula is C19H27FIN5O. The minimum Gasteiger partial charge on any atom is -0.361 e. The Bertz CT molecular complexity index is 785. The number of hydrogen-bond donors (Lipinski definition) is 3. The van der Waals surface area contributed by atoms with Crippen LogP contribution in [0.1, 0.15) is 25.3 Å². The summed E-state index contributed by atoms with van der Waals surface area (Å²) in [5, 5.41) is 7.45. The first-order valence-corrected chi connectivity index (χ1v) is 9.23. The van der Waals surface area contributed by atoms with Crippen LogP contribution in [-0.4, -0.2) is 54.5 Å². The molecule has 148 valence electrons. The third-order valence-corrected chi connectivity index (χ3v) is 4.59. The van der Waals surface area contributed by atoms with E-state index in [4.69, 9.17) is 0 Å². The second kappa shape index (κ2) is 10.5. The number of likely N-dealkylation sites (tertiary alicyclic amines) is 1. The van der Waals surface area contributed by atoms with Crippen LogP contribution >= 0.6 is 24.0 Å². The van der Waals surface area contributed by atoms with Gasteiger partial charge in [0, 0.05) is 43.3 Å². The fourth-order valence-electron chi connectivity index (χ4n) is 3.24. The molecule has 0 atom stereocenters. The molecule has 0 radical (unpaired) electrons. The number of nitrogens with one attached hydrogen (secondary N) is 3. The van der Waals surface area contributed by atoms with E-state index in [1.807, 2.05) is 18.0 Å². The van der Waals surface area contributed by atoms with Crippen LogP contribution in [0.2, 0.25) is 0 Å². The average molecular weight is 487 g/mol. The van der Waals surface area contributed by atoms with Crippen LogP contribution in [0.15, 0.2) is 29.4 Å². The molecule has 6 nitrogen and oxygen atoms in total. The van der Waals surface area contributed by atoms with E-state index in [1.54, 1.807) is 6.07 Å². The zero-order valence-electron chi connectivity index (χ0n) is 15.6. The highest BCUT2D eigenvalue weighted by atomic mass is 127. The summed E-state index contributed by atoms with van der Waals surface area (Å²) in [5.41, 5.74) is 1.92. The van der Waals surface area contributed by atoms with Crippen LogP contribution in [0.4, 0.5) is 4.39 Å². The quantitative estimate of drug-likeness (QED) is 0.334. The van der Waals surface area contributed by atoms with Crippen LogP contribution in [0, 0.1) is 5.82 Å². The van der Waals surface area contributed by atoms with Gasteiger partial charge in [0.05, 0.1) is 0 Å². The van der Waals surface area contributed by atoms with Gasteiger partial charge < -0.3 is 20.5 Å². The molecule has 1 amide bonds. The maximum Gasteiger partial charge on any atom is 0.244 e. The third kappa shape index (κ3) is 5.82. The summed E-state index contributed by atoms with van der Waals surface area (Å²) in [6.07, 6.45) is 4.85. The summed E-state index contributed by atoms with van der Waals surface area (Å²) in [6, 6.07) is 4.77. The minimum atomic E-state index is -0.242. The summed E-state index contributed by atoms with van der Waals surface area (Å²) in [7, 11) is 0. The molecule has 1 fully saturated rings. The number of halogens is 2. The van der Waals surface area contributed by atoms with Crippen molar-refractivity contribution in [1.82, 2.24) is 20.5 Å². The number of guanidine groups is 1. The van der Waals surface area contributed by atoms with Gasteiger partial charge in [-0.1, -0.05) is 0 Å². The number of benzene rings is 1. The van der Waals surface area contributed by atoms with Gasteiger partial charge in [-0.15, -0.1) is 24.0 Å². The number of amides is 1. The topological polar surface area (TPSA) is 72.5 Å². The SMILES string of the molecule is CCNC(=NCC(=O)N1CCCC1)NCCc1c[nH]c2cc(F)ccc12.I. The van der Waals surface area contributed by atoms with Crippen molar-refractivity contribution in [3.05, 3.63) is 35.8 Å². The molecule has 2 heterocycles. The molecule has 1 aromatic heterocycles. The Morgan fingerprint density at radius 3 is 2.81 bits per heavy atom. The van der Waals surface area contributed by atoms with Gasteiger partial charge in [-0.25, -0.2) is 9.38 Å². The highest BCUT2D eigenvalue weighted by molar-refractivity contribution is 14.0. The number of carbonyl (C=O) groups is 1. The molecular weight excluding hydrogens is 460 g/mol. The van der Waals surface area contributed by atoms with Crippen molar-refractivity contribution in [2.75, 3.05) is 32.7 Å². The number of aliphatic imine (C=N–C) groups is 1. The third-order valence-electron chi connectivity index (χ3n) is 4.59. The predicted molar refractivity (Wildman–Crippen MR) is 117 cm³/mol. The molecule has 0 unspecified atom stereocenters. The smallest absolute Gasteiger partial charge is 0.244 e. The fraction of sp³-hybridized carbons (Fsp3) is 0.474. The minimum absolute atomic E-state index is 0. The normalized spacial score (nSPS) is 14.3. The zero-order valence-corrected chi connectivity index (χ0v) is 17.9. The molecule has 27 heavy (non-hydrogen) atoms. The van der Waals surface area contributed by atoms with Gasteiger partial charge in [0.25, 0.3) is 0 Å². The number of nitrogens with zero attached hydrogens (tertiary/aromatic N) is 2. The molecule has 1 aromatic carbocycles. The van der Waals surface area contributed by atoms with Crippen molar-refractivity contribution >= 4 is 46.7 Å². The van der Waals surface area contributed by atoms with E-state index >= 15 is 0 Å². The van der Waals surface area contributed by atoms with Gasteiger partial charge in [0.1, 0.15) is 12.4 Å². The van der Waals surface area contributed by atoms with Gasteiger partial charge >= 0.3 is 0 Å². The lowest BCUT2D eigenvalue weighted by Gasteiger charge is -2.15. The van der Waals surface area contributed by atoms with Crippen molar-refractivity contribution in [2.24, 2.45) is 4.99 Å². The summed E-state index contributed by atoms with van der Waals surface area (Å²) >= 11 is 0. The molecule has 3 N–H and O–H groups in total. The van der Waals surface area contributed by atoms with E-state index < -0.39 is 0 Å². The van der Waals surface area contributed by atoms with Crippen LogP contribution in [0.5, 0.6) is 0 Å². The summed E-state index contributed by atoms with van der Waals surface area (Å²) < 4.78 is 13.3. The Morgan fingerprint density at radius 2 is 2.07 bits per heavy atom. The monoisotopic (exact) mass is 487 g/mol. The number of fused-ring (bicyclic) bond motifs is 1. The van der Waals surface area contributed by atoms with E-state index in [2.05, 4.69) is 20.6 Å². The number of aromatic amines is 1. The Kier molecular flexibility index (Phi) is 8.33. The molecule has 3 rings (SSSR count). The van der Waals surface area contributed by atoms with Crippen molar-refractivity contribution in [1.29, 1.82) is 0 Å². The molecule has 0 spiro atoms. The van der Waals surface area contributed by atoms with Crippen molar-refractivity contribution in [3.8, 4) is 0 Å². The molecule has 0 saturated carbocycles. The fourth-order valence-corrected chi connectivity index (χ4v) is 3.24. The van der Waals surface area contributed by atoms with Crippen molar-refractivity contribution < 1.29 is 9.18 Å². The second-order valence-electron chi connectivity index (χ2n) is 6.46. The van der Waals surface area contributed by atoms with Crippen LogP contribution < -0.4 is 10.6 Å². The second-order valence-corrected chi connectivity index (χ2v) is 6.46. The average Bonchev–Trinajstić information content (AvgIpc) is 3.29. The first kappa shape index (κ1) is 21.5. The van der Waals surface area contributed by atoms with E-state index in [-0.39, 0.29) is 42.2 Å².